The van der Waals surface area contributed by atoms with Crippen LogP contribution in [0.5, 0.6) is 5.88 Å². The van der Waals surface area contributed by atoms with Crippen molar-refractivity contribution >= 4 is 23.0 Å². The van der Waals surface area contributed by atoms with Gasteiger partial charge in [-0.3, -0.25) is 9.36 Å². The number of hydrogen-bond acceptors (Lipinski definition) is 5. The molecule has 1 aromatic carbocycles. The van der Waals surface area contributed by atoms with E-state index in [1.54, 1.807) is 18.5 Å². The molecule has 2 aromatic heterocycles. The fourth-order valence-corrected chi connectivity index (χ4v) is 2.20. The van der Waals surface area contributed by atoms with E-state index in [1.807, 2.05) is 35.8 Å². The van der Waals surface area contributed by atoms with E-state index < -0.39 is 0 Å². The van der Waals surface area contributed by atoms with Crippen molar-refractivity contribution in [2.45, 2.75) is 13.8 Å². The standard InChI is InChI=1S/C17H16N4O2/c1-3-23-17-15-16(18-10-19-17)21(11-20-15)14-8-6-13(7-9-14)5-4-12(2)22/h4-11H,3H2,1-2H3. The molecule has 6 heteroatoms. The highest BCUT2D eigenvalue weighted by Gasteiger charge is 2.11. The van der Waals surface area contributed by atoms with Crippen molar-refractivity contribution in [3.8, 4) is 11.6 Å². The normalized spacial score (nSPS) is 11.2. The van der Waals surface area contributed by atoms with Crippen LogP contribution < -0.4 is 4.74 Å². The summed E-state index contributed by atoms with van der Waals surface area (Å²) in [6, 6.07) is 7.77. The number of carbonyl (C=O) groups excluding carboxylic acids is 1. The van der Waals surface area contributed by atoms with Crippen molar-refractivity contribution in [1.29, 1.82) is 0 Å². The maximum absolute atomic E-state index is 11.0. The SMILES string of the molecule is CCOc1ncnc2c1ncn2-c1ccc(C=CC(C)=O)cc1. The van der Waals surface area contributed by atoms with Crippen molar-refractivity contribution in [3.05, 3.63) is 48.6 Å². The van der Waals surface area contributed by atoms with Crippen LogP contribution in [0.4, 0.5) is 0 Å². The van der Waals surface area contributed by atoms with Gasteiger partial charge in [-0.2, -0.15) is 4.98 Å². The molecule has 3 aromatic rings. The van der Waals surface area contributed by atoms with Crippen LogP contribution in [0.15, 0.2) is 43.0 Å². The van der Waals surface area contributed by atoms with Gasteiger partial charge in [-0.15, -0.1) is 0 Å². The predicted molar refractivity (Wildman–Crippen MR) is 87.5 cm³/mol. The highest BCUT2D eigenvalue weighted by Crippen LogP contribution is 2.22. The van der Waals surface area contributed by atoms with Gasteiger partial charge < -0.3 is 4.74 Å². The lowest BCUT2D eigenvalue weighted by molar-refractivity contribution is -0.112. The molecule has 0 radical (unpaired) electrons. The first-order valence-corrected chi connectivity index (χ1v) is 7.29. The summed E-state index contributed by atoms with van der Waals surface area (Å²) in [6.07, 6.45) is 6.49. The highest BCUT2D eigenvalue weighted by atomic mass is 16.5. The van der Waals surface area contributed by atoms with E-state index in [-0.39, 0.29) is 5.78 Å². The molecule has 0 bridgehead atoms. The number of nitrogens with zero attached hydrogens (tertiary/aromatic N) is 4. The van der Waals surface area contributed by atoms with Gasteiger partial charge in [0.2, 0.25) is 5.88 Å². The molecule has 116 valence electrons. The molecule has 0 N–H and O–H groups in total. The van der Waals surface area contributed by atoms with Crippen LogP contribution in [0.25, 0.3) is 22.9 Å². The zero-order chi connectivity index (χ0) is 16.2. The molecule has 6 nitrogen and oxygen atoms in total. The minimum atomic E-state index is 0.0230. The van der Waals surface area contributed by atoms with E-state index in [0.717, 1.165) is 11.3 Å². The minimum Gasteiger partial charge on any atom is -0.476 e. The summed E-state index contributed by atoms with van der Waals surface area (Å²) in [7, 11) is 0. The zero-order valence-corrected chi connectivity index (χ0v) is 12.9. The van der Waals surface area contributed by atoms with Gasteiger partial charge in [-0.1, -0.05) is 18.2 Å². The number of ketones is 1. The molecule has 23 heavy (non-hydrogen) atoms. The summed E-state index contributed by atoms with van der Waals surface area (Å²) in [6.45, 7) is 3.95. The second-order valence-corrected chi connectivity index (χ2v) is 4.93. The summed E-state index contributed by atoms with van der Waals surface area (Å²) in [4.78, 5) is 23.7. The van der Waals surface area contributed by atoms with Gasteiger partial charge in [-0.25, -0.2) is 9.97 Å². The fourth-order valence-electron chi connectivity index (χ4n) is 2.20. The third-order valence-electron chi connectivity index (χ3n) is 3.26. The Morgan fingerprint density at radius 3 is 2.70 bits per heavy atom. The lowest BCUT2D eigenvalue weighted by Crippen LogP contribution is -1.98. The molecule has 0 aliphatic carbocycles. The van der Waals surface area contributed by atoms with Gasteiger partial charge >= 0.3 is 0 Å². The second kappa shape index (κ2) is 6.39. The molecule has 0 aliphatic heterocycles. The average Bonchev–Trinajstić information content (AvgIpc) is 2.99. The number of allylic oxidation sites excluding steroid dienone is 1. The Hall–Kier alpha value is -3.02. The van der Waals surface area contributed by atoms with E-state index in [9.17, 15) is 4.79 Å². The Balaban J connectivity index is 1.97. The largest absolute Gasteiger partial charge is 0.476 e. The maximum atomic E-state index is 11.0. The number of rotatable bonds is 5. The number of aromatic nitrogens is 4. The predicted octanol–water partition coefficient (Wildman–Crippen LogP) is 2.82. The molecule has 0 saturated carbocycles. The smallest absolute Gasteiger partial charge is 0.245 e. The lowest BCUT2D eigenvalue weighted by atomic mass is 10.2. The number of carbonyl (C=O) groups is 1. The van der Waals surface area contributed by atoms with E-state index in [2.05, 4.69) is 15.0 Å². The molecule has 0 aliphatic rings. The van der Waals surface area contributed by atoms with Gasteiger partial charge in [0.15, 0.2) is 16.9 Å². The fraction of sp³-hybridized carbons (Fsp3) is 0.176. The zero-order valence-electron chi connectivity index (χ0n) is 12.9. The summed E-state index contributed by atoms with van der Waals surface area (Å²) in [5, 5.41) is 0. The summed E-state index contributed by atoms with van der Waals surface area (Å²) in [5.41, 5.74) is 3.21. The maximum Gasteiger partial charge on any atom is 0.245 e. The van der Waals surface area contributed by atoms with Gasteiger partial charge in [0, 0.05) is 5.69 Å². The van der Waals surface area contributed by atoms with E-state index >= 15 is 0 Å². The van der Waals surface area contributed by atoms with Crippen molar-refractivity contribution in [3.63, 3.8) is 0 Å². The Morgan fingerprint density at radius 1 is 1.22 bits per heavy atom. The third-order valence-corrected chi connectivity index (χ3v) is 3.26. The molecule has 0 amide bonds. The number of benzene rings is 1. The minimum absolute atomic E-state index is 0.0230. The van der Waals surface area contributed by atoms with Gasteiger partial charge in [0.05, 0.1) is 6.61 Å². The summed E-state index contributed by atoms with van der Waals surface area (Å²) < 4.78 is 7.35. The van der Waals surface area contributed by atoms with Crippen LogP contribution in [0, 0.1) is 0 Å². The molecule has 0 atom stereocenters. The number of imidazole rings is 1. The summed E-state index contributed by atoms with van der Waals surface area (Å²) >= 11 is 0. The molecular weight excluding hydrogens is 292 g/mol. The Labute approximate surface area is 133 Å². The van der Waals surface area contributed by atoms with E-state index in [1.165, 1.54) is 13.3 Å². The Kier molecular flexibility index (Phi) is 4.14. The Morgan fingerprint density at radius 2 is 2.00 bits per heavy atom. The quantitative estimate of drug-likeness (QED) is 0.678. The van der Waals surface area contributed by atoms with Gasteiger partial charge in [0.1, 0.15) is 12.7 Å². The molecule has 3 rings (SSSR count). The molecule has 0 fully saturated rings. The lowest BCUT2D eigenvalue weighted by Gasteiger charge is -2.05. The van der Waals surface area contributed by atoms with E-state index in [4.69, 9.17) is 4.74 Å². The van der Waals surface area contributed by atoms with Crippen LogP contribution in [0.1, 0.15) is 19.4 Å². The second-order valence-electron chi connectivity index (χ2n) is 4.93. The monoisotopic (exact) mass is 308 g/mol. The van der Waals surface area contributed by atoms with Crippen LogP contribution in [0.2, 0.25) is 0 Å². The van der Waals surface area contributed by atoms with Gasteiger partial charge in [-0.05, 0) is 37.6 Å². The first kappa shape index (κ1) is 14.9. The van der Waals surface area contributed by atoms with Crippen LogP contribution in [-0.2, 0) is 4.79 Å². The third kappa shape index (κ3) is 3.11. The molecule has 0 saturated heterocycles. The number of hydrogen-bond donors (Lipinski definition) is 0. The van der Waals surface area contributed by atoms with Crippen LogP contribution >= 0.6 is 0 Å². The first-order valence-electron chi connectivity index (χ1n) is 7.29. The molecule has 0 spiro atoms. The van der Waals surface area contributed by atoms with Crippen molar-refractivity contribution < 1.29 is 9.53 Å². The van der Waals surface area contributed by atoms with Crippen molar-refractivity contribution in [2.24, 2.45) is 0 Å². The molecule has 2 heterocycles. The van der Waals surface area contributed by atoms with Crippen molar-refractivity contribution in [1.82, 2.24) is 19.5 Å². The van der Waals surface area contributed by atoms with Crippen LogP contribution in [-0.4, -0.2) is 31.9 Å². The highest BCUT2D eigenvalue weighted by molar-refractivity contribution is 5.91. The number of fused-ring (bicyclic) bond motifs is 1. The topological polar surface area (TPSA) is 69.9 Å². The first-order chi connectivity index (χ1) is 11.2. The Bertz CT molecular complexity index is 866. The van der Waals surface area contributed by atoms with Gasteiger partial charge in [0.25, 0.3) is 0 Å². The molecular formula is C17H16N4O2. The average molecular weight is 308 g/mol. The van der Waals surface area contributed by atoms with Crippen LogP contribution in [0.3, 0.4) is 0 Å². The summed E-state index contributed by atoms with van der Waals surface area (Å²) in [5.74, 6) is 0.507. The number of ether oxygens (including phenoxy) is 1. The van der Waals surface area contributed by atoms with E-state index in [0.29, 0.717) is 23.7 Å². The van der Waals surface area contributed by atoms with Crippen molar-refractivity contribution in [2.75, 3.05) is 6.61 Å². The molecule has 0 unspecified atom stereocenters.